The minimum absolute atomic E-state index is 0.122. The molecule has 0 heterocycles. The fourth-order valence-corrected chi connectivity index (χ4v) is 2.44. The van der Waals surface area contributed by atoms with E-state index in [0.29, 0.717) is 0 Å². The van der Waals surface area contributed by atoms with Gasteiger partial charge in [-0.25, -0.2) is 0 Å². The molecule has 0 aliphatic rings. The summed E-state index contributed by atoms with van der Waals surface area (Å²) in [5.41, 5.74) is 3.04. The zero-order chi connectivity index (χ0) is 16.6. The standard InChI is InChI=1S/C22H19NO/c1-24-22-15-9-8-14-21(22)23-20(19-12-6-3-7-13-19)17-16-18-10-4-2-5-11-18/h2-15,20,23H,1H3/t20-/m1/s1. The number of methoxy groups -OCH3 is 1. The molecule has 1 N–H and O–H groups in total. The molecule has 1 atom stereocenters. The van der Waals surface area contributed by atoms with E-state index in [1.807, 2.05) is 72.8 Å². The topological polar surface area (TPSA) is 21.3 Å². The van der Waals surface area contributed by atoms with Gasteiger partial charge in [0.15, 0.2) is 0 Å². The van der Waals surface area contributed by atoms with Crippen LogP contribution in [0.25, 0.3) is 0 Å². The van der Waals surface area contributed by atoms with Crippen molar-refractivity contribution in [3.8, 4) is 17.6 Å². The highest BCUT2D eigenvalue weighted by atomic mass is 16.5. The highest BCUT2D eigenvalue weighted by Gasteiger charge is 2.10. The second kappa shape index (κ2) is 7.89. The smallest absolute Gasteiger partial charge is 0.141 e. The van der Waals surface area contributed by atoms with Gasteiger partial charge in [0.05, 0.1) is 12.8 Å². The van der Waals surface area contributed by atoms with Gasteiger partial charge in [0, 0.05) is 5.56 Å². The van der Waals surface area contributed by atoms with Gasteiger partial charge in [0.2, 0.25) is 0 Å². The van der Waals surface area contributed by atoms with Crippen molar-refractivity contribution >= 4 is 5.69 Å². The average Bonchev–Trinajstić information content (AvgIpc) is 2.67. The molecule has 0 radical (unpaired) electrons. The fourth-order valence-electron chi connectivity index (χ4n) is 2.44. The van der Waals surface area contributed by atoms with Crippen LogP contribution in [0.1, 0.15) is 17.2 Å². The molecule has 0 saturated carbocycles. The summed E-state index contributed by atoms with van der Waals surface area (Å²) in [6.45, 7) is 0. The van der Waals surface area contributed by atoms with Crippen LogP contribution in [0, 0.1) is 11.8 Å². The number of rotatable bonds is 4. The molecule has 24 heavy (non-hydrogen) atoms. The summed E-state index contributed by atoms with van der Waals surface area (Å²) in [6.07, 6.45) is 0. The van der Waals surface area contributed by atoms with Crippen LogP contribution in [-0.2, 0) is 0 Å². The predicted molar refractivity (Wildman–Crippen MR) is 99.1 cm³/mol. The fraction of sp³-hybridized carbons (Fsp3) is 0.0909. The third-order valence-corrected chi connectivity index (χ3v) is 3.67. The maximum absolute atomic E-state index is 5.43. The third-order valence-electron chi connectivity index (χ3n) is 3.67. The molecule has 3 rings (SSSR count). The summed E-state index contributed by atoms with van der Waals surface area (Å²) in [7, 11) is 1.67. The summed E-state index contributed by atoms with van der Waals surface area (Å²) in [5, 5.41) is 3.49. The van der Waals surface area contributed by atoms with Gasteiger partial charge in [-0.2, -0.15) is 0 Å². The Morgan fingerprint density at radius 2 is 1.42 bits per heavy atom. The molecule has 0 saturated heterocycles. The Morgan fingerprint density at radius 3 is 2.12 bits per heavy atom. The maximum atomic E-state index is 5.43. The molecule has 3 aromatic carbocycles. The van der Waals surface area contributed by atoms with Gasteiger partial charge in [0.25, 0.3) is 0 Å². The lowest BCUT2D eigenvalue weighted by Crippen LogP contribution is -2.09. The van der Waals surface area contributed by atoms with Crippen molar-refractivity contribution in [1.82, 2.24) is 0 Å². The Kier molecular flexibility index (Phi) is 5.17. The van der Waals surface area contributed by atoms with E-state index in [9.17, 15) is 0 Å². The van der Waals surface area contributed by atoms with E-state index in [1.54, 1.807) is 7.11 Å². The number of hydrogen-bond acceptors (Lipinski definition) is 2. The normalized spacial score (nSPS) is 11.0. The van der Waals surface area contributed by atoms with E-state index >= 15 is 0 Å². The van der Waals surface area contributed by atoms with Crippen molar-refractivity contribution in [2.45, 2.75) is 6.04 Å². The van der Waals surface area contributed by atoms with Crippen LogP contribution >= 0.6 is 0 Å². The van der Waals surface area contributed by atoms with Crippen LogP contribution in [-0.4, -0.2) is 7.11 Å². The molecule has 3 aromatic rings. The first kappa shape index (κ1) is 15.7. The van der Waals surface area contributed by atoms with Gasteiger partial charge < -0.3 is 10.1 Å². The van der Waals surface area contributed by atoms with Gasteiger partial charge in [0.1, 0.15) is 11.8 Å². The summed E-state index contributed by atoms with van der Waals surface area (Å²) in [5.74, 6) is 7.39. The van der Waals surface area contributed by atoms with Crippen molar-refractivity contribution in [2.24, 2.45) is 0 Å². The molecule has 0 bridgehead atoms. The molecule has 0 aliphatic carbocycles. The Hall–Kier alpha value is -3.18. The zero-order valence-corrected chi connectivity index (χ0v) is 13.6. The summed E-state index contributed by atoms with van der Waals surface area (Å²) in [6, 6.07) is 28.0. The third kappa shape index (κ3) is 3.97. The highest BCUT2D eigenvalue weighted by molar-refractivity contribution is 5.59. The monoisotopic (exact) mass is 313 g/mol. The second-order valence-corrected chi connectivity index (χ2v) is 5.32. The largest absolute Gasteiger partial charge is 0.495 e. The molecule has 0 amide bonds. The molecule has 0 aromatic heterocycles. The van der Waals surface area contributed by atoms with Gasteiger partial charge >= 0.3 is 0 Å². The van der Waals surface area contributed by atoms with Crippen molar-refractivity contribution in [3.63, 3.8) is 0 Å². The van der Waals surface area contributed by atoms with E-state index in [0.717, 1.165) is 22.6 Å². The minimum atomic E-state index is -0.122. The lowest BCUT2D eigenvalue weighted by molar-refractivity contribution is 0.416. The Balaban J connectivity index is 1.93. The number of para-hydroxylation sites is 2. The molecule has 2 heteroatoms. The average molecular weight is 313 g/mol. The molecule has 0 fully saturated rings. The van der Waals surface area contributed by atoms with E-state index in [4.69, 9.17) is 4.74 Å². The van der Waals surface area contributed by atoms with Crippen molar-refractivity contribution in [1.29, 1.82) is 0 Å². The van der Waals surface area contributed by atoms with Gasteiger partial charge in [-0.15, -0.1) is 0 Å². The molecule has 118 valence electrons. The Morgan fingerprint density at radius 1 is 0.792 bits per heavy atom. The summed E-state index contributed by atoms with van der Waals surface area (Å²) < 4.78 is 5.43. The van der Waals surface area contributed by atoms with Crippen LogP contribution in [0.5, 0.6) is 5.75 Å². The molecule has 0 unspecified atom stereocenters. The Labute approximate surface area is 143 Å². The molecular weight excluding hydrogens is 294 g/mol. The lowest BCUT2D eigenvalue weighted by atomic mass is 10.1. The molecular formula is C22H19NO. The van der Waals surface area contributed by atoms with Gasteiger partial charge in [-0.05, 0) is 29.8 Å². The van der Waals surface area contributed by atoms with E-state index in [1.165, 1.54) is 0 Å². The predicted octanol–water partition coefficient (Wildman–Crippen LogP) is 4.90. The SMILES string of the molecule is COc1ccccc1N[C@H](C#Cc1ccccc1)c1ccccc1. The zero-order valence-electron chi connectivity index (χ0n) is 13.6. The lowest BCUT2D eigenvalue weighted by Gasteiger charge is -2.17. The van der Waals surface area contributed by atoms with Crippen LogP contribution in [0.2, 0.25) is 0 Å². The Bertz CT molecular complexity index is 832. The first-order chi connectivity index (χ1) is 11.9. The van der Waals surface area contributed by atoms with E-state index in [-0.39, 0.29) is 6.04 Å². The second-order valence-electron chi connectivity index (χ2n) is 5.32. The maximum Gasteiger partial charge on any atom is 0.141 e. The number of nitrogens with one attached hydrogen (secondary N) is 1. The van der Waals surface area contributed by atoms with Crippen LogP contribution in [0.3, 0.4) is 0 Å². The van der Waals surface area contributed by atoms with Crippen molar-refractivity contribution < 1.29 is 4.74 Å². The van der Waals surface area contributed by atoms with Gasteiger partial charge in [-0.1, -0.05) is 72.5 Å². The summed E-state index contributed by atoms with van der Waals surface area (Å²) >= 11 is 0. The van der Waals surface area contributed by atoms with E-state index < -0.39 is 0 Å². The number of anilines is 1. The summed E-state index contributed by atoms with van der Waals surface area (Å²) in [4.78, 5) is 0. The number of benzene rings is 3. The molecule has 0 spiro atoms. The highest BCUT2D eigenvalue weighted by Crippen LogP contribution is 2.27. The molecule has 0 aliphatic heterocycles. The number of hydrogen-bond donors (Lipinski definition) is 1. The number of ether oxygens (including phenoxy) is 1. The van der Waals surface area contributed by atoms with Crippen LogP contribution in [0.15, 0.2) is 84.9 Å². The van der Waals surface area contributed by atoms with Crippen LogP contribution < -0.4 is 10.1 Å². The molecule has 2 nitrogen and oxygen atoms in total. The quantitative estimate of drug-likeness (QED) is 0.692. The van der Waals surface area contributed by atoms with Crippen molar-refractivity contribution in [2.75, 3.05) is 12.4 Å². The minimum Gasteiger partial charge on any atom is -0.495 e. The first-order valence-electron chi connectivity index (χ1n) is 7.88. The van der Waals surface area contributed by atoms with Crippen molar-refractivity contribution in [3.05, 3.63) is 96.1 Å². The van der Waals surface area contributed by atoms with Gasteiger partial charge in [-0.3, -0.25) is 0 Å². The van der Waals surface area contributed by atoms with E-state index in [2.05, 4.69) is 29.3 Å². The first-order valence-corrected chi connectivity index (χ1v) is 7.88. The van der Waals surface area contributed by atoms with Crippen LogP contribution in [0.4, 0.5) is 5.69 Å².